The Bertz CT molecular complexity index is 112. The molecule has 3 unspecified atom stereocenters. The van der Waals surface area contributed by atoms with Crippen LogP contribution in [0.1, 0.15) is 0 Å². The second kappa shape index (κ2) is 18.4. The Labute approximate surface area is 85.7 Å². The molecule has 0 rings (SSSR count). The molecule has 0 spiro atoms. The molecule has 0 aromatic carbocycles. The third-order valence-corrected chi connectivity index (χ3v) is 0. The summed E-state index contributed by atoms with van der Waals surface area (Å²) in [6.07, 6.45) is 0. The van der Waals surface area contributed by atoms with E-state index in [-0.39, 0.29) is 17.4 Å². The molecule has 0 saturated carbocycles. The average molecular weight is 267 g/mol. The van der Waals surface area contributed by atoms with E-state index >= 15 is 0 Å². The Balaban J connectivity index is -0.0000000450. The minimum absolute atomic E-state index is 0. The van der Waals surface area contributed by atoms with E-state index in [2.05, 4.69) is 0 Å². The van der Waals surface area contributed by atoms with Gasteiger partial charge in [0, 0.05) is 0 Å². The van der Waals surface area contributed by atoms with E-state index in [4.69, 9.17) is 43.1 Å². The summed E-state index contributed by atoms with van der Waals surface area (Å²) in [7, 11) is -9.36. The second-order valence-electron chi connectivity index (χ2n) is 0.714. The molecule has 0 aliphatic carbocycles. The number of hydrogen-bond donors (Lipinski definition) is 3. The van der Waals surface area contributed by atoms with Gasteiger partial charge in [0.05, 0.1) is 0 Å². The van der Waals surface area contributed by atoms with Crippen molar-refractivity contribution in [1.29, 1.82) is 0 Å². The van der Waals surface area contributed by atoms with Gasteiger partial charge in [-0.2, -0.15) is 14.7 Å². The molecule has 0 aliphatic rings. The van der Waals surface area contributed by atoms with Crippen molar-refractivity contribution in [1.82, 2.24) is 0 Å². The fraction of sp³-hybridized carbons (Fsp3) is 0. The van der Waals surface area contributed by atoms with Gasteiger partial charge in [0.25, 0.3) is 0 Å². The molecule has 0 bridgehead atoms. The van der Waals surface area contributed by atoms with Gasteiger partial charge in [-0.25, -0.2) is 0 Å². The second-order valence-corrected chi connectivity index (χ2v) is 2.14. The molecule has 0 aromatic rings. The van der Waals surface area contributed by atoms with Crippen molar-refractivity contribution in [3.8, 4) is 0 Å². The summed E-state index contributed by atoms with van der Waals surface area (Å²) in [6.45, 7) is 0. The summed E-state index contributed by atoms with van der Waals surface area (Å²) in [6, 6.07) is 0. The van der Waals surface area contributed by atoms with Gasteiger partial charge in [0.15, 0.2) is 0 Å². The minimum atomic E-state index is -3.12. The van der Waals surface area contributed by atoms with Crippen LogP contribution in [0.4, 0.5) is 0 Å². The van der Waals surface area contributed by atoms with Gasteiger partial charge in [0.2, 0.25) is 0 Å². The molecule has 0 radical (unpaired) electrons. The third-order valence-electron chi connectivity index (χ3n) is 0. The van der Waals surface area contributed by atoms with Crippen LogP contribution in [-0.4, -0.2) is 32.0 Å². The zero-order chi connectivity index (χ0) is 10.7. The summed E-state index contributed by atoms with van der Waals surface area (Å²) in [5.41, 5.74) is 0. The number of rotatable bonds is 0. The molecule has 0 aromatic heterocycles. The molecule has 9 nitrogen and oxygen atoms in total. The van der Waals surface area contributed by atoms with Crippen LogP contribution in [0.5, 0.6) is 0 Å². The van der Waals surface area contributed by atoms with Crippen LogP contribution in [-0.2, 0) is 13.7 Å². The standard InChI is InChI=1S/Al.3HO3P/c;3*1-4(2)3/h;3*(H,1,2,3)/q+3;;;. The molecular weight excluding hydrogens is 264 g/mol. The van der Waals surface area contributed by atoms with Crippen LogP contribution < -0.4 is 14.7 Å². The van der Waals surface area contributed by atoms with Crippen molar-refractivity contribution in [2.45, 2.75) is 0 Å². The maximum atomic E-state index is 8.59. The van der Waals surface area contributed by atoms with Crippen molar-refractivity contribution >= 4 is 42.1 Å². The topological polar surface area (TPSA) is 181 Å². The van der Waals surface area contributed by atoms with E-state index < -0.39 is 24.8 Å². The summed E-state index contributed by atoms with van der Waals surface area (Å²) in [4.78, 5) is 46.8. The van der Waals surface area contributed by atoms with Gasteiger partial charge in [-0.3, -0.25) is 0 Å². The first-order chi connectivity index (χ1) is 5.20. The Morgan fingerprint density at radius 3 is 0.692 bits per heavy atom. The van der Waals surface area contributed by atoms with Gasteiger partial charge in [-0.15, -0.1) is 0 Å². The first-order valence-electron chi connectivity index (χ1n) is 1.70. The predicted molar refractivity (Wildman–Crippen MR) is 35.2 cm³/mol. The molecule has 13 heavy (non-hydrogen) atoms. The van der Waals surface area contributed by atoms with E-state index in [9.17, 15) is 0 Å². The van der Waals surface area contributed by atoms with E-state index in [1.165, 1.54) is 0 Å². The first-order valence-corrected chi connectivity index (χ1v) is 5.09. The van der Waals surface area contributed by atoms with Crippen LogP contribution in [0.2, 0.25) is 0 Å². The van der Waals surface area contributed by atoms with Crippen molar-refractivity contribution in [2.75, 3.05) is 0 Å². The van der Waals surface area contributed by atoms with Crippen LogP contribution in [0.3, 0.4) is 0 Å². The fourth-order valence-electron chi connectivity index (χ4n) is 0. The van der Waals surface area contributed by atoms with Gasteiger partial charge in [-0.05, 0) is 13.7 Å². The zero-order valence-corrected chi connectivity index (χ0v) is 9.55. The van der Waals surface area contributed by atoms with E-state index in [0.29, 0.717) is 0 Å². The average Bonchev–Trinajstić information content (AvgIpc) is 1.54. The smallest absolute Gasteiger partial charge is 0.567 e. The molecule has 0 aliphatic heterocycles. The molecule has 3 N–H and O–H groups in total. The Morgan fingerprint density at radius 1 is 0.692 bits per heavy atom. The molecule has 0 saturated heterocycles. The zero-order valence-electron chi connectivity index (χ0n) is 5.71. The van der Waals surface area contributed by atoms with Crippen molar-refractivity contribution in [2.24, 2.45) is 0 Å². The number of hydrogen-bond acceptors (Lipinski definition) is 6. The Hall–Kier alpha value is 0.592. The molecule has 3 atom stereocenters. The van der Waals surface area contributed by atoms with Crippen molar-refractivity contribution < 1.29 is 43.1 Å². The van der Waals surface area contributed by atoms with Gasteiger partial charge in [0.1, 0.15) is 0 Å². The molecule has 13 heteroatoms. The van der Waals surface area contributed by atoms with Crippen LogP contribution in [0.15, 0.2) is 0 Å². The van der Waals surface area contributed by atoms with Crippen LogP contribution in [0, 0.1) is 0 Å². The molecule has 0 fully saturated rings. The molecular formula is H3AlO9P3+3. The largest absolute Gasteiger partial charge is 3.00 e. The molecule has 72 valence electrons. The van der Waals surface area contributed by atoms with E-state index in [0.717, 1.165) is 0 Å². The third kappa shape index (κ3) is 4030. The quantitative estimate of drug-likeness (QED) is 0.297. The predicted octanol–water partition coefficient (Wildman–Crippen LogP) is -3.39. The summed E-state index contributed by atoms with van der Waals surface area (Å²) in [5, 5.41) is 0. The maximum absolute atomic E-state index is 8.59. The van der Waals surface area contributed by atoms with Crippen LogP contribution in [0.25, 0.3) is 0 Å². The van der Waals surface area contributed by atoms with Crippen molar-refractivity contribution in [3.63, 3.8) is 0 Å². The van der Waals surface area contributed by atoms with Gasteiger partial charge >= 0.3 is 42.1 Å². The molecule has 0 amide bonds. The minimum Gasteiger partial charge on any atom is -0.567 e. The first kappa shape index (κ1) is 23.4. The van der Waals surface area contributed by atoms with Crippen LogP contribution >= 0.6 is 24.8 Å². The monoisotopic (exact) mass is 267 g/mol. The normalized spacial score (nSPS) is 10.2. The summed E-state index contributed by atoms with van der Waals surface area (Å²) >= 11 is 0. The maximum Gasteiger partial charge on any atom is 3.00 e. The SMILES string of the molecule is O=[P+]([O-])O.O=[P+]([O-])O.O=[P+]([O-])O.[Al+3]. The summed E-state index contributed by atoms with van der Waals surface area (Å²) < 4.78 is 25.8. The van der Waals surface area contributed by atoms with E-state index in [1.54, 1.807) is 0 Å². The van der Waals surface area contributed by atoms with E-state index in [1.807, 2.05) is 0 Å². The van der Waals surface area contributed by atoms with Gasteiger partial charge < -0.3 is 14.7 Å². The summed E-state index contributed by atoms with van der Waals surface area (Å²) in [5.74, 6) is 0. The Kier molecular flexibility index (Phi) is 33.1. The van der Waals surface area contributed by atoms with Crippen molar-refractivity contribution in [3.05, 3.63) is 0 Å². The Morgan fingerprint density at radius 2 is 0.692 bits per heavy atom. The van der Waals surface area contributed by atoms with Gasteiger partial charge in [-0.1, -0.05) is 0 Å². The fourth-order valence-corrected chi connectivity index (χ4v) is 0. The molecule has 0 heterocycles.